The third kappa shape index (κ3) is 2.35. The van der Waals surface area contributed by atoms with E-state index in [2.05, 4.69) is 40.2 Å². The molecule has 0 atom stereocenters. The number of fused-ring (bicyclic) bond motifs is 1. The number of benzene rings is 1. The van der Waals surface area contributed by atoms with Gasteiger partial charge in [-0.3, -0.25) is 4.90 Å². The number of hydrogen-bond acceptors (Lipinski definition) is 2. The molecule has 3 heteroatoms. The molecule has 0 saturated carbocycles. The van der Waals surface area contributed by atoms with E-state index in [0.29, 0.717) is 0 Å². The zero-order valence-electron chi connectivity index (χ0n) is 9.89. The minimum Gasteiger partial charge on any atom is -0.393 e. The number of hydrogen-bond donors (Lipinski definition) is 2. The van der Waals surface area contributed by atoms with Gasteiger partial charge in [0.2, 0.25) is 0 Å². The van der Waals surface area contributed by atoms with Crippen LogP contribution in [0.4, 0.5) is 0 Å². The molecule has 0 spiro atoms. The number of piperidine rings is 1. The molecule has 1 aliphatic heterocycles. The van der Waals surface area contributed by atoms with Crippen LogP contribution in [-0.2, 0) is 6.54 Å². The van der Waals surface area contributed by atoms with E-state index in [0.717, 1.165) is 32.5 Å². The second-order valence-corrected chi connectivity index (χ2v) is 4.89. The summed E-state index contributed by atoms with van der Waals surface area (Å²) in [5.74, 6) is 0. The predicted octanol–water partition coefficient (Wildman–Crippen LogP) is 2.12. The van der Waals surface area contributed by atoms with E-state index in [1.807, 2.05) is 0 Å². The summed E-state index contributed by atoms with van der Waals surface area (Å²) >= 11 is 0. The molecule has 1 aliphatic rings. The number of aromatic nitrogens is 1. The van der Waals surface area contributed by atoms with Gasteiger partial charge in [0.15, 0.2) is 0 Å². The van der Waals surface area contributed by atoms with Crippen LogP contribution in [0.3, 0.4) is 0 Å². The molecule has 0 amide bonds. The maximum atomic E-state index is 9.47. The van der Waals surface area contributed by atoms with Gasteiger partial charge in [0.25, 0.3) is 0 Å². The molecule has 1 aromatic heterocycles. The van der Waals surface area contributed by atoms with Crippen molar-refractivity contribution < 1.29 is 5.11 Å². The van der Waals surface area contributed by atoms with E-state index in [-0.39, 0.29) is 6.10 Å². The molecule has 3 nitrogen and oxygen atoms in total. The van der Waals surface area contributed by atoms with E-state index in [1.54, 1.807) is 0 Å². The van der Waals surface area contributed by atoms with Crippen LogP contribution in [0, 0.1) is 0 Å². The molecule has 0 aliphatic carbocycles. The molecule has 90 valence electrons. The minimum absolute atomic E-state index is 0.0889. The molecule has 0 radical (unpaired) electrons. The Morgan fingerprint density at radius 2 is 2.00 bits per heavy atom. The maximum Gasteiger partial charge on any atom is 0.0564 e. The number of H-pyrrole nitrogens is 1. The molecule has 1 fully saturated rings. The molecule has 1 aromatic carbocycles. The van der Waals surface area contributed by atoms with Crippen LogP contribution < -0.4 is 0 Å². The van der Waals surface area contributed by atoms with Crippen molar-refractivity contribution in [3.8, 4) is 0 Å². The first-order valence-corrected chi connectivity index (χ1v) is 6.28. The third-order valence-corrected chi connectivity index (χ3v) is 3.54. The van der Waals surface area contributed by atoms with Gasteiger partial charge in [-0.15, -0.1) is 0 Å². The maximum absolute atomic E-state index is 9.47. The minimum atomic E-state index is -0.0889. The summed E-state index contributed by atoms with van der Waals surface area (Å²) in [6.07, 6.45) is 1.72. The lowest BCUT2D eigenvalue weighted by atomic mass is 10.1. The zero-order chi connectivity index (χ0) is 11.7. The number of aliphatic hydroxyl groups is 1. The van der Waals surface area contributed by atoms with Crippen LogP contribution in [0.1, 0.15) is 18.5 Å². The number of aromatic amines is 1. The van der Waals surface area contributed by atoms with E-state index in [4.69, 9.17) is 0 Å². The molecule has 2 aromatic rings. The van der Waals surface area contributed by atoms with Crippen molar-refractivity contribution >= 4 is 10.9 Å². The Labute approximate surface area is 101 Å². The van der Waals surface area contributed by atoms with Crippen LogP contribution in [0.2, 0.25) is 0 Å². The first-order chi connectivity index (χ1) is 8.31. The van der Waals surface area contributed by atoms with E-state index in [1.165, 1.54) is 16.6 Å². The Morgan fingerprint density at radius 1 is 1.24 bits per heavy atom. The Morgan fingerprint density at radius 3 is 2.76 bits per heavy atom. The smallest absolute Gasteiger partial charge is 0.0564 e. The summed E-state index contributed by atoms with van der Waals surface area (Å²) < 4.78 is 0. The molecule has 0 unspecified atom stereocenters. The van der Waals surface area contributed by atoms with Gasteiger partial charge in [0.05, 0.1) is 6.10 Å². The van der Waals surface area contributed by atoms with Gasteiger partial charge in [-0.25, -0.2) is 0 Å². The highest BCUT2D eigenvalue weighted by molar-refractivity contribution is 5.80. The zero-order valence-corrected chi connectivity index (χ0v) is 9.89. The standard InChI is InChI=1S/C14H18N2O/c17-13-5-7-16(8-6-13)10-12-9-11-3-1-2-4-14(11)15-12/h1-4,9,13,15,17H,5-8,10H2. The highest BCUT2D eigenvalue weighted by Gasteiger charge is 2.17. The van der Waals surface area contributed by atoms with Gasteiger partial charge in [-0.05, 0) is 30.4 Å². The van der Waals surface area contributed by atoms with Crippen molar-refractivity contribution in [1.29, 1.82) is 0 Å². The Balaban J connectivity index is 1.72. The van der Waals surface area contributed by atoms with Crippen molar-refractivity contribution in [2.45, 2.75) is 25.5 Å². The largest absolute Gasteiger partial charge is 0.393 e. The Hall–Kier alpha value is -1.32. The quantitative estimate of drug-likeness (QED) is 0.829. The average Bonchev–Trinajstić information content (AvgIpc) is 2.74. The van der Waals surface area contributed by atoms with Crippen molar-refractivity contribution in [2.75, 3.05) is 13.1 Å². The Kier molecular flexibility index (Phi) is 2.87. The highest BCUT2D eigenvalue weighted by Crippen LogP contribution is 2.18. The van der Waals surface area contributed by atoms with Crippen molar-refractivity contribution in [1.82, 2.24) is 9.88 Å². The SMILES string of the molecule is OC1CCN(Cc2cc3ccccc3[nH]2)CC1. The van der Waals surface area contributed by atoms with Gasteiger partial charge in [0.1, 0.15) is 0 Å². The summed E-state index contributed by atoms with van der Waals surface area (Å²) in [6.45, 7) is 2.95. The van der Waals surface area contributed by atoms with Gasteiger partial charge < -0.3 is 10.1 Å². The van der Waals surface area contributed by atoms with Crippen LogP contribution in [0.25, 0.3) is 10.9 Å². The fourth-order valence-electron chi connectivity index (χ4n) is 2.54. The van der Waals surface area contributed by atoms with Crippen LogP contribution in [0.15, 0.2) is 30.3 Å². The number of para-hydroxylation sites is 1. The molecular formula is C14H18N2O. The number of likely N-dealkylation sites (tertiary alicyclic amines) is 1. The first kappa shape index (κ1) is 10.8. The predicted molar refractivity (Wildman–Crippen MR) is 68.8 cm³/mol. The third-order valence-electron chi connectivity index (χ3n) is 3.54. The summed E-state index contributed by atoms with van der Waals surface area (Å²) in [4.78, 5) is 5.85. The Bertz CT molecular complexity index is 465. The summed E-state index contributed by atoms with van der Waals surface area (Å²) in [5.41, 5.74) is 2.47. The summed E-state index contributed by atoms with van der Waals surface area (Å²) in [5, 5.41) is 10.8. The number of rotatable bonds is 2. The lowest BCUT2D eigenvalue weighted by molar-refractivity contribution is 0.0788. The molecule has 2 N–H and O–H groups in total. The molecule has 0 bridgehead atoms. The molecule has 17 heavy (non-hydrogen) atoms. The van der Waals surface area contributed by atoms with Gasteiger partial charge in [0, 0.05) is 30.8 Å². The van der Waals surface area contributed by atoms with Gasteiger partial charge in [-0.2, -0.15) is 0 Å². The number of aliphatic hydroxyl groups excluding tert-OH is 1. The van der Waals surface area contributed by atoms with E-state index >= 15 is 0 Å². The topological polar surface area (TPSA) is 39.3 Å². The fraction of sp³-hybridized carbons (Fsp3) is 0.429. The molecule has 1 saturated heterocycles. The molecule has 2 heterocycles. The van der Waals surface area contributed by atoms with Crippen LogP contribution in [-0.4, -0.2) is 34.2 Å². The van der Waals surface area contributed by atoms with Crippen LogP contribution in [0.5, 0.6) is 0 Å². The number of nitrogens with one attached hydrogen (secondary N) is 1. The average molecular weight is 230 g/mol. The summed E-state index contributed by atoms with van der Waals surface area (Å²) in [7, 11) is 0. The molecular weight excluding hydrogens is 212 g/mol. The van der Waals surface area contributed by atoms with E-state index < -0.39 is 0 Å². The van der Waals surface area contributed by atoms with E-state index in [9.17, 15) is 5.11 Å². The van der Waals surface area contributed by atoms with Crippen molar-refractivity contribution in [2.24, 2.45) is 0 Å². The lowest BCUT2D eigenvalue weighted by Crippen LogP contribution is -2.35. The van der Waals surface area contributed by atoms with Gasteiger partial charge >= 0.3 is 0 Å². The monoisotopic (exact) mass is 230 g/mol. The number of nitrogens with zero attached hydrogens (tertiary/aromatic N) is 1. The normalized spacial score (nSPS) is 18.9. The van der Waals surface area contributed by atoms with Crippen molar-refractivity contribution in [3.63, 3.8) is 0 Å². The first-order valence-electron chi connectivity index (χ1n) is 6.28. The second kappa shape index (κ2) is 4.51. The summed E-state index contributed by atoms with van der Waals surface area (Å²) in [6, 6.07) is 10.6. The van der Waals surface area contributed by atoms with Crippen molar-refractivity contribution in [3.05, 3.63) is 36.0 Å². The van der Waals surface area contributed by atoms with Gasteiger partial charge in [-0.1, -0.05) is 18.2 Å². The van der Waals surface area contributed by atoms with Crippen LogP contribution >= 0.6 is 0 Å². The molecule has 3 rings (SSSR count). The second-order valence-electron chi connectivity index (χ2n) is 4.89. The highest BCUT2D eigenvalue weighted by atomic mass is 16.3. The fourth-order valence-corrected chi connectivity index (χ4v) is 2.54. The lowest BCUT2D eigenvalue weighted by Gasteiger charge is -2.28.